The standard InChI is InChI=1S/C23H36N4O5S/c1-18(2)22(19-7-8-20-21(17-19)32-16-15-31-20)24-23(28)25-11-13-27(14-12-25)33(29,30)26-9-5-3-4-6-10-26/h7-8,17-18,22H,3-6,9-16H2,1-2H3,(H,24,28)/t22-/m1/s1. The highest BCUT2D eigenvalue weighted by molar-refractivity contribution is 7.86. The Bertz CT molecular complexity index is 923. The molecule has 2 fully saturated rings. The van der Waals surface area contributed by atoms with Crippen molar-refractivity contribution in [2.75, 3.05) is 52.5 Å². The minimum atomic E-state index is -3.46. The average molecular weight is 481 g/mol. The molecule has 0 unspecified atom stereocenters. The van der Waals surface area contributed by atoms with Gasteiger partial charge in [0.05, 0.1) is 6.04 Å². The van der Waals surface area contributed by atoms with E-state index in [1.54, 1.807) is 9.21 Å². The van der Waals surface area contributed by atoms with Crippen LogP contribution in [-0.4, -0.2) is 80.4 Å². The fraction of sp³-hybridized carbons (Fsp3) is 0.696. The Labute approximate surface area is 197 Å². The van der Waals surface area contributed by atoms with Crippen molar-refractivity contribution in [3.8, 4) is 11.5 Å². The van der Waals surface area contributed by atoms with Crippen molar-refractivity contribution in [1.29, 1.82) is 0 Å². The highest BCUT2D eigenvalue weighted by atomic mass is 32.2. The maximum atomic E-state index is 13.1. The second kappa shape index (κ2) is 10.5. The third-order valence-corrected chi connectivity index (χ3v) is 8.65. The second-order valence-corrected chi connectivity index (χ2v) is 11.2. The molecule has 2 saturated heterocycles. The predicted octanol–water partition coefficient (Wildman–Crippen LogP) is 2.60. The number of nitrogens with one attached hydrogen (secondary N) is 1. The number of amides is 2. The first kappa shape index (κ1) is 24.1. The summed E-state index contributed by atoms with van der Waals surface area (Å²) in [5.41, 5.74) is 0.963. The molecule has 3 heterocycles. The molecule has 1 aromatic rings. The molecule has 184 valence electrons. The van der Waals surface area contributed by atoms with Gasteiger partial charge in [-0.25, -0.2) is 4.79 Å². The van der Waals surface area contributed by atoms with Crippen molar-refractivity contribution >= 4 is 16.2 Å². The molecule has 1 N–H and O–H groups in total. The summed E-state index contributed by atoms with van der Waals surface area (Å²) in [5.74, 6) is 1.59. The summed E-state index contributed by atoms with van der Waals surface area (Å²) in [7, 11) is -3.46. The van der Waals surface area contributed by atoms with Gasteiger partial charge in [0.2, 0.25) is 0 Å². The Morgan fingerprint density at radius 3 is 2.12 bits per heavy atom. The Morgan fingerprint density at radius 2 is 1.48 bits per heavy atom. The summed E-state index contributed by atoms with van der Waals surface area (Å²) >= 11 is 0. The summed E-state index contributed by atoms with van der Waals surface area (Å²) in [6, 6.07) is 5.43. The molecular weight excluding hydrogens is 444 g/mol. The van der Waals surface area contributed by atoms with Crippen LogP contribution < -0.4 is 14.8 Å². The second-order valence-electron chi connectivity index (χ2n) is 9.28. The summed E-state index contributed by atoms with van der Waals surface area (Å²) in [4.78, 5) is 14.8. The van der Waals surface area contributed by atoms with Gasteiger partial charge in [0.1, 0.15) is 13.2 Å². The summed E-state index contributed by atoms with van der Waals surface area (Å²) < 4.78 is 40.6. The third-order valence-electron chi connectivity index (χ3n) is 6.61. The fourth-order valence-electron chi connectivity index (χ4n) is 4.67. The first-order valence-electron chi connectivity index (χ1n) is 12.1. The van der Waals surface area contributed by atoms with Gasteiger partial charge in [0, 0.05) is 39.3 Å². The van der Waals surface area contributed by atoms with E-state index in [9.17, 15) is 13.2 Å². The molecule has 2 amide bonds. The van der Waals surface area contributed by atoms with E-state index in [-0.39, 0.29) is 18.0 Å². The molecule has 0 bridgehead atoms. The summed E-state index contributed by atoms with van der Waals surface area (Å²) in [6.07, 6.45) is 4.00. The SMILES string of the molecule is CC(C)[C@@H](NC(=O)N1CCN(S(=O)(=O)N2CCCCCC2)CC1)c1ccc2c(c1)OCCO2. The number of carbonyl (C=O) groups is 1. The number of fused-ring (bicyclic) bond motifs is 1. The van der Waals surface area contributed by atoms with E-state index in [0.29, 0.717) is 58.2 Å². The Hall–Kier alpha value is -2.04. The monoisotopic (exact) mass is 480 g/mol. The van der Waals surface area contributed by atoms with Gasteiger partial charge in [0.15, 0.2) is 11.5 Å². The summed E-state index contributed by atoms with van der Waals surface area (Å²) in [6.45, 7) is 7.76. The first-order valence-corrected chi connectivity index (χ1v) is 13.5. The number of ether oxygens (including phenoxy) is 2. The van der Waals surface area contributed by atoms with Gasteiger partial charge in [-0.1, -0.05) is 32.8 Å². The number of hydrogen-bond acceptors (Lipinski definition) is 5. The van der Waals surface area contributed by atoms with Gasteiger partial charge >= 0.3 is 6.03 Å². The maximum absolute atomic E-state index is 13.1. The van der Waals surface area contributed by atoms with Crippen LogP contribution in [0.25, 0.3) is 0 Å². The first-order chi connectivity index (χ1) is 15.9. The van der Waals surface area contributed by atoms with Crippen LogP contribution in [0.3, 0.4) is 0 Å². The lowest BCUT2D eigenvalue weighted by atomic mass is 9.95. The molecular formula is C23H36N4O5S. The van der Waals surface area contributed by atoms with Crippen molar-refractivity contribution in [2.24, 2.45) is 5.92 Å². The number of benzene rings is 1. The van der Waals surface area contributed by atoms with E-state index < -0.39 is 10.2 Å². The zero-order valence-electron chi connectivity index (χ0n) is 19.7. The van der Waals surface area contributed by atoms with E-state index in [0.717, 1.165) is 37.0 Å². The van der Waals surface area contributed by atoms with Crippen molar-refractivity contribution < 1.29 is 22.7 Å². The van der Waals surface area contributed by atoms with E-state index in [4.69, 9.17) is 9.47 Å². The van der Waals surface area contributed by atoms with Gasteiger partial charge in [-0.2, -0.15) is 17.0 Å². The number of rotatable bonds is 5. The molecule has 0 saturated carbocycles. The minimum Gasteiger partial charge on any atom is -0.486 e. The van der Waals surface area contributed by atoms with Gasteiger partial charge in [-0.05, 0) is 36.5 Å². The number of carbonyl (C=O) groups excluding carboxylic acids is 1. The van der Waals surface area contributed by atoms with Gasteiger partial charge < -0.3 is 19.7 Å². The summed E-state index contributed by atoms with van der Waals surface area (Å²) in [5, 5.41) is 3.15. The smallest absolute Gasteiger partial charge is 0.317 e. The molecule has 0 radical (unpaired) electrons. The normalized spacial score (nSPS) is 21.5. The zero-order chi connectivity index (χ0) is 23.4. The molecule has 10 heteroatoms. The Balaban J connectivity index is 1.36. The van der Waals surface area contributed by atoms with E-state index in [1.807, 2.05) is 18.2 Å². The van der Waals surface area contributed by atoms with E-state index >= 15 is 0 Å². The molecule has 33 heavy (non-hydrogen) atoms. The number of nitrogens with zero attached hydrogens (tertiary/aromatic N) is 3. The van der Waals surface area contributed by atoms with E-state index in [1.165, 1.54) is 4.31 Å². The largest absolute Gasteiger partial charge is 0.486 e. The molecule has 3 aliphatic heterocycles. The molecule has 0 aromatic heterocycles. The molecule has 9 nitrogen and oxygen atoms in total. The van der Waals surface area contributed by atoms with Crippen LogP contribution in [0.1, 0.15) is 51.1 Å². The van der Waals surface area contributed by atoms with Crippen LogP contribution in [-0.2, 0) is 10.2 Å². The Morgan fingerprint density at radius 1 is 0.879 bits per heavy atom. The van der Waals surface area contributed by atoms with Crippen LogP contribution in [0, 0.1) is 5.92 Å². The predicted molar refractivity (Wildman–Crippen MR) is 126 cm³/mol. The van der Waals surface area contributed by atoms with Crippen LogP contribution in [0.5, 0.6) is 11.5 Å². The number of urea groups is 1. The molecule has 4 rings (SSSR count). The zero-order valence-corrected chi connectivity index (χ0v) is 20.5. The lowest BCUT2D eigenvalue weighted by Gasteiger charge is -2.37. The average Bonchev–Trinajstić information content (AvgIpc) is 3.12. The minimum absolute atomic E-state index is 0.168. The molecule has 1 aromatic carbocycles. The molecule has 0 aliphatic carbocycles. The van der Waals surface area contributed by atoms with Gasteiger partial charge in [0.25, 0.3) is 10.2 Å². The fourth-order valence-corrected chi connectivity index (χ4v) is 6.34. The maximum Gasteiger partial charge on any atom is 0.317 e. The van der Waals surface area contributed by atoms with Crippen molar-refractivity contribution in [3.05, 3.63) is 23.8 Å². The van der Waals surface area contributed by atoms with Crippen LogP contribution in [0.2, 0.25) is 0 Å². The van der Waals surface area contributed by atoms with Crippen molar-refractivity contribution in [2.45, 2.75) is 45.6 Å². The van der Waals surface area contributed by atoms with Gasteiger partial charge in [-0.3, -0.25) is 0 Å². The quantitative estimate of drug-likeness (QED) is 0.700. The van der Waals surface area contributed by atoms with Gasteiger partial charge in [-0.15, -0.1) is 0 Å². The van der Waals surface area contributed by atoms with E-state index in [2.05, 4.69) is 19.2 Å². The van der Waals surface area contributed by atoms with Crippen molar-refractivity contribution in [1.82, 2.24) is 18.8 Å². The topological polar surface area (TPSA) is 91.4 Å². The lowest BCUT2D eigenvalue weighted by Crippen LogP contribution is -2.56. The molecule has 0 spiro atoms. The highest BCUT2D eigenvalue weighted by Gasteiger charge is 2.34. The third kappa shape index (κ3) is 5.55. The van der Waals surface area contributed by atoms with Crippen LogP contribution in [0.4, 0.5) is 4.79 Å². The highest BCUT2D eigenvalue weighted by Crippen LogP contribution is 2.34. The molecule has 3 aliphatic rings. The van der Waals surface area contributed by atoms with Crippen molar-refractivity contribution in [3.63, 3.8) is 0 Å². The number of hydrogen-bond donors (Lipinski definition) is 1. The van der Waals surface area contributed by atoms with Crippen LogP contribution in [0.15, 0.2) is 18.2 Å². The van der Waals surface area contributed by atoms with Crippen LogP contribution >= 0.6 is 0 Å². The number of piperazine rings is 1. The Kier molecular flexibility index (Phi) is 7.65. The molecule has 1 atom stereocenters. The lowest BCUT2D eigenvalue weighted by molar-refractivity contribution is 0.162.